The van der Waals surface area contributed by atoms with Gasteiger partial charge in [0.1, 0.15) is 0 Å². The molecule has 12 heavy (non-hydrogen) atoms. The van der Waals surface area contributed by atoms with Crippen LogP contribution in [0.4, 0.5) is 0 Å². The third kappa shape index (κ3) is 2.93. The zero-order valence-corrected chi connectivity index (χ0v) is 8.32. The molecule has 1 aliphatic heterocycles. The normalized spacial score (nSPS) is 21.1. The van der Waals surface area contributed by atoms with Crippen molar-refractivity contribution in [3.63, 3.8) is 0 Å². The van der Waals surface area contributed by atoms with Crippen LogP contribution in [-0.4, -0.2) is 40.0 Å². The number of nitrogens with zero attached hydrogens (tertiary/aromatic N) is 1. The first-order valence-electron chi connectivity index (χ1n) is 4.32. The lowest BCUT2D eigenvalue weighted by Crippen LogP contribution is -2.37. The molecule has 0 aromatic heterocycles. The third-order valence-corrected chi connectivity index (χ3v) is 2.88. The van der Waals surface area contributed by atoms with Gasteiger partial charge in [-0.25, -0.2) is 0 Å². The summed E-state index contributed by atoms with van der Waals surface area (Å²) in [7, 11) is -0.721. The third-order valence-electron chi connectivity index (χ3n) is 2.12. The molecule has 1 fully saturated rings. The molecule has 0 bridgehead atoms. The van der Waals surface area contributed by atoms with E-state index in [0.717, 1.165) is 31.8 Å². The van der Waals surface area contributed by atoms with Gasteiger partial charge in [-0.1, -0.05) is 0 Å². The fraction of sp³-hybridized carbons (Fsp3) is 0.875. The van der Waals surface area contributed by atoms with E-state index in [-0.39, 0.29) is 0 Å². The molecular formula is C8H16N2OS. The fourth-order valence-electron chi connectivity index (χ4n) is 1.37. The van der Waals surface area contributed by atoms with Gasteiger partial charge in [-0.3, -0.25) is 9.62 Å². The lowest BCUT2D eigenvalue weighted by atomic mass is 10.1. The molecule has 1 atom stereocenters. The zero-order chi connectivity index (χ0) is 8.97. The highest BCUT2D eigenvalue weighted by Crippen LogP contribution is 2.09. The van der Waals surface area contributed by atoms with Crippen LogP contribution in [-0.2, 0) is 10.8 Å². The fourth-order valence-corrected chi connectivity index (χ4v) is 1.85. The zero-order valence-electron chi connectivity index (χ0n) is 7.51. The van der Waals surface area contributed by atoms with Crippen molar-refractivity contribution in [1.29, 1.82) is 5.41 Å². The second kappa shape index (κ2) is 4.60. The first-order chi connectivity index (χ1) is 5.70. The summed E-state index contributed by atoms with van der Waals surface area (Å²) < 4.78 is 10.8. The van der Waals surface area contributed by atoms with Crippen LogP contribution >= 0.6 is 0 Å². The summed E-state index contributed by atoms with van der Waals surface area (Å²) in [5.41, 5.74) is 0. The molecule has 70 valence electrons. The summed E-state index contributed by atoms with van der Waals surface area (Å²) in [6, 6.07) is 0. The summed E-state index contributed by atoms with van der Waals surface area (Å²) in [6.07, 6.45) is 4.94. The van der Waals surface area contributed by atoms with Gasteiger partial charge in [-0.2, -0.15) is 0 Å². The predicted molar refractivity (Wildman–Crippen MR) is 52.1 cm³/mol. The standard InChI is InChI=1S/C8H16N2OS/c1-12(11)7-6-10-5-3-2-4-8(10)9/h9H,2-7H2,1H3. The quantitative estimate of drug-likeness (QED) is 0.713. The van der Waals surface area contributed by atoms with E-state index in [2.05, 4.69) is 0 Å². The van der Waals surface area contributed by atoms with E-state index in [0.29, 0.717) is 5.75 Å². The van der Waals surface area contributed by atoms with Crippen LogP contribution in [0.3, 0.4) is 0 Å². The van der Waals surface area contributed by atoms with E-state index >= 15 is 0 Å². The number of hydrogen-bond donors (Lipinski definition) is 1. The Labute approximate surface area is 76.1 Å². The Kier molecular flexibility index (Phi) is 3.72. The molecule has 1 aliphatic rings. The van der Waals surface area contributed by atoms with Crippen LogP contribution < -0.4 is 0 Å². The first kappa shape index (κ1) is 9.71. The summed E-state index contributed by atoms with van der Waals surface area (Å²) in [6.45, 7) is 1.78. The number of nitrogens with one attached hydrogen (secondary N) is 1. The smallest absolute Gasteiger partial charge is 0.0957 e. The molecule has 4 heteroatoms. The van der Waals surface area contributed by atoms with Gasteiger partial charge < -0.3 is 4.90 Å². The predicted octanol–water partition coefficient (Wildman–Crippen LogP) is 0.828. The Bertz CT molecular complexity index is 193. The Morgan fingerprint density at radius 3 is 2.92 bits per heavy atom. The van der Waals surface area contributed by atoms with Crippen molar-refractivity contribution in [3.05, 3.63) is 0 Å². The van der Waals surface area contributed by atoms with E-state index in [4.69, 9.17) is 5.41 Å². The Morgan fingerprint density at radius 2 is 2.33 bits per heavy atom. The van der Waals surface area contributed by atoms with Crippen LogP contribution in [0.1, 0.15) is 19.3 Å². The van der Waals surface area contributed by atoms with Gasteiger partial charge >= 0.3 is 0 Å². The average molecular weight is 188 g/mol. The minimum Gasteiger partial charge on any atom is -0.360 e. The molecule has 0 radical (unpaired) electrons. The van der Waals surface area contributed by atoms with Crippen molar-refractivity contribution >= 4 is 16.6 Å². The largest absolute Gasteiger partial charge is 0.360 e. The van der Waals surface area contributed by atoms with Gasteiger partial charge in [0.25, 0.3) is 0 Å². The molecule has 0 aromatic rings. The molecule has 1 N–H and O–H groups in total. The Balaban J connectivity index is 2.29. The minimum absolute atomic E-state index is 0.697. The molecule has 1 saturated heterocycles. The van der Waals surface area contributed by atoms with Gasteiger partial charge in [0, 0.05) is 42.3 Å². The molecule has 0 spiro atoms. The van der Waals surface area contributed by atoms with Gasteiger partial charge in [0.2, 0.25) is 0 Å². The highest BCUT2D eigenvalue weighted by atomic mass is 32.2. The molecule has 1 heterocycles. The molecule has 0 aliphatic carbocycles. The number of hydrogen-bond acceptors (Lipinski definition) is 2. The monoisotopic (exact) mass is 188 g/mol. The van der Waals surface area contributed by atoms with Crippen LogP contribution in [0.2, 0.25) is 0 Å². The maximum Gasteiger partial charge on any atom is 0.0957 e. The lowest BCUT2D eigenvalue weighted by Gasteiger charge is -2.28. The molecular weight excluding hydrogens is 172 g/mol. The Morgan fingerprint density at radius 1 is 1.58 bits per heavy atom. The SMILES string of the molecule is CS(=O)CCN1CCCCC1=N. The molecule has 3 nitrogen and oxygen atoms in total. The van der Waals surface area contributed by atoms with Gasteiger partial charge in [0.15, 0.2) is 0 Å². The second-order valence-electron chi connectivity index (χ2n) is 3.17. The van der Waals surface area contributed by atoms with E-state index in [9.17, 15) is 4.21 Å². The average Bonchev–Trinajstić information content (AvgIpc) is 2.03. The molecule has 0 aromatic carbocycles. The van der Waals surface area contributed by atoms with Crippen molar-refractivity contribution in [3.8, 4) is 0 Å². The van der Waals surface area contributed by atoms with E-state index in [1.807, 2.05) is 4.90 Å². The number of rotatable bonds is 3. The lowest BCUT2D eigenvalue weighted by molar-refractivity contribution is 0.385. The van der Waals surface area contributed by atoms with Crippen molar-refractivity contribution in [2.75, 3.05) is 25.1 Å². The molecule has 1 unspecified atom stereocenters. The Hall–Kier alpha value is -0.380. The summed E-state index contributed by atoms with van der Waals surface area (Å²) in [5, 5.41) is 7.62. The topological polar surface area (TPSA) is 44.2 Å². The van der Waals surface area contributed by atoms with Crippen LogP contribution in [0, 0.1) is 5.41 Å². The highest BCUT2D eigenvalue weighted by Gasteiger charge is 2.13. The molecule has 0 saturated carbocycles. The maximum atomic E-state index is 10.8. The van der Waals surface area contributed by atoms with Crippen molar-refractivity contribution in [2.45, 2.75) is 19.3 Å². The number of piperidine rings is 1. The highest BCUT2D eigenvalue weighted by molar-refractivity contribution is 7.84. The van der Waals surface area contributed by atoms with Crippen molar-refractivity contribution in [1.82, 2.24) is 4.90 Å². The summed E-state index contributed by atoms with van der Waals surface area (Å²) >= 11 is 0. The first-order valence-corrected chi connectivity index (χ1v) is 6.05. The summed E-state index contributed by atoms with van der Waals surface area (Å²) in [4.78, 5) is 2.05. The van der Waals surface area contributed by atoms with Crippen LogP contribution in [0.25, 0.3) is 0 Å². The number of likely N-dealkylation sites (tertiary alicyclic amines) is 1. The van der Waals surface area contributed by atoms with Gasteiger partial charge in [0.05, 0.1) is 5.84 Å². The van der Waals surface area contributed by atoms with Crippen LogP contribution in [0.15, 0.2) is 0 Å². The van der Waals surface area contributed by atoms with Gasteiger partial charge in [-0.15, -0.1) is 0 Å². The molecule has 0 amide bonds. The maximum absolute atomic E-state index is 10.8. The van der Waals surface area contributed by atoms with Gasteiger partial charge in [-0.05, 0) is 12.8 Å². The second-order valence-corrected chi connectivity index (χ2v) is 4.72. The minimum atomic E-state index is -0.721. The van der Waals surface area contributed by atoms with Crippen molar-refractivity contribution < 1.29 is 4.21 Å². The van der Waals surface area contributed by atoms with E-state index in [1.54, 1.807) is 6.26 Å². The van der Waals surface area contributed by atoms with Crippen molar-refractivity contribution in [2.24, 2.45) is 0 Å². The van der Waals surface area contributed by atoms with Crippen LogP contribution in [0.5, 0.6) is 0 Å². The number of amidine groups is 1. The summed E-state index contributed by atoms with van der Waals surface area (Å²) in [5.74, 6) is 1.43. The molecule has 1 rings (SSSR count). The van der Waals surface area contributed by atoms with E-state index in [1.165, 1.54) is 6.42 Å². The van der Waals surface area contributed by atoms with E-state index < -0.39 is 10.8 Å².